The summed E-state index contributed by atoms with van der Waals surface area (Å²) in [5, 5.41) is 25.3. The lowest BCUT2D eigenvalue weighted by Gasteiger charge is -2.30. The van der Waals surface area contributed by atoms with E-state index < -0.39 is 17.5 Å². The number of pyridine rings is 1. The van der Waals surface area contributed by atoms with Crippen LogP contribution in [-0.2, 0) is 17.6 Å². The number of nitrogens with zero attached hydrogens (tertiary/aromatic N) is 4. The quantitative estimate of drug-likeness (QED) is 0.659. The topological polar surface area (TPSA) is 91.5 Å². The number of halogens is 3. The third-order valence-electron chi connectivity index (χ3n) is 5.66. The number of amides is 1. The molecule has 31 heavy (non-hydrogen) atoms. The number of likely N-dealkylation sites (tertiary alicyclic amines) is 1. The zero-order valence-electron chi connectivity index (χ0n) is 16.9. The van der Waals surface area contributed by atoms with Crippen molar-refractivity contribution in [2.24, 2.45) is 0 Å². The first-order chi connectivity index (χ1) is 14.6. The molecule has 7 nitrogen and oxygen atoms in total. The molecule has 164 valence electrons. The average molecular weight is 434 g/mol. The molecule has 4 rings (SSSR count). The molecule has 2 aromatic heterocycles. The van der Waals surface area contributed by atoms with Crippen LogP contribution in [0.3, 0.4) is 0 Å². The Morgan fingerprint density at radius 1 is 1.26 bits per heavy atom. The standard InChI is InChI=1S/C21H21F3N4O3/c1-11-7-12(21(22,23)24)8-17(30)19(11)15-5-4-14-16(10-29)28(26-20(14)25-15)13-3-6-18(31)27(2)9-13/h4-5,7-8,13,29-30H,3,6,9-10H2,1-2H3/t13-/m0/s1. The van der Waals surface area contributed by atoms with Gasteiger partial charge in [-0.1, -0.05) is 0 Å². The maximum atomic E-state index is 13.0. The predicted molar refractivity (Wildman–Crippen MR) is 106 cm³/mol. The summed E-state index contributed by atoms with van der Waals surface area (Å²) in [7, 11) is 1.71. The number of aryl methyl sites for hydroxylation is 1. The van der Waals surface area contributed by atoms with Gasteiger partial charge in [-0.15, -0.1) is 0 Å². The summed E-state index contributed by atoms with van der Waals surface area (Å²) in [6, 6.07) is 4.79. The minimum atomic E-state index is -4.57. The van der Waals surface area contributed by atoms with Crippen LogP contribution in [0.1, 0.15) is 35.7 Å². The van der Waals surface area contributed by atoms with Crippen molar-refractivity contribution < 1.29 is 28.2 Å². The third kappa shape index (κ3) is 3.71. The van der Waals surface area contributed by atoms with Gasteiger partial charge in [0.1, 0.15) is 5.75 Å². The summed E-state index contributed by atoms with van der Waals surface area (Å²) in [4.78, 5) is 17.9. The van der Waals surface area contributed by atoms with E-state index in [2.05, 4.69) is 10.1 Å². The number of phenols is 1. The lowest BCUT2D eigenvalue weighted by atomic mass is 10.00. The predicted octanol–water partition coefficient (Wildman–Crippen LogP) is 3.42. The maximum Gasteiger partial charge on any atom is 0.416 e. The molecule has 1 amide bonds. The van der Waals surface area contributed by atoms with Crippen LogP contribution < -0.4 is 0 Å². The van der Waals surface area contributed by atoms with Gasteiger partial charge in [-0.3, -0.25) is 9.48 Å². The van der Waals surface area contributed by atoms with Crippen molar-refractivity contribution in [3.05, 3.63) is 41.1 Å². The Kier molecular flexibility index (Phi) is 5.12. The number of aromatic hydroxyl groups is 1. The number of carbonyl (C=O) groups excluding carboxylic acids is 1. The smallest absolute Gasteiger partial charge is 0.416 e. The zero-order chi connectivity index (χ0) is 22.5. The van der Waals surface area contributed by atoms with Gasteiger partial charge >= 0.3 is 6.18 Å². The fraction of sp³-hybridized carbons (Fsp3) is 0.381. The second kappa shape index (κ2) is 7.52. The van der Waals surface area contributed by atoms with E-state index in [9.17, 15) is 28.2 Å². The first-order valence-electron chi connectivity index (χ1n) is 9.74. The largest absolute Gasteiger partial charge is 0.507 e. The molecular formula is C21H21F3N4O3. The Morgan fingerprint density at radius 3 is 2.61 bits per heavy atom. The number of hydrogen-bond donors (Lipinski definition) is 2. The number of carbonyl (C=O) groups is 1. The highest BCUT2D eigenvalue weighted by Gasteiger charge is 2.32. The zero-order valence-corrected chi connectivity index (χ0v) is 16.9. The molecule has 10 heteroatoms. The first-order valence-corrected chi connectivity index (χ1v) is 9.74. The van der Waals surface area contributed by atoms with Crippen LogP contribution in [0.5, 0.6) is 5.75 Å². The Balaban J connectivity index is 1.78. The van der Waals surface area contributed by atoms with Crippen molar-refractivity contribution in [1.82, 2.24) is 19.7 Å². The Bertz CT molecular complexity index is 1150. The van der Waals surface area contributed by atoms with Crippen molar-refractivity contribution in [3.63, 3.8) is 0 Å². The number of aliphatic hydroxyl groups excluding tert-OH is 1. The number of fused-ring (bicyclic) bond motifs is 1. The number of aliphatic hydroxyl groups is 1. The van der Waals surface area contributed by atoms with Crippen LogP contribution in [0.2, 0.25) is 0 Å². The lowest BCUT2D eigenvalue weighted by Crippen LogP contribution is -2.38. The molecule has 1 aliphatic heterocycles. The normalized spacial score (nSPS) is 17.5. The number of piperidine rings is 1. The van der Waals surface area contributed by atoms with Crippen molar-refractivity contribution in [2.75, 3.05) is 13.6 Å². The van der Waals surface area contributed by atoms with E-state index in [4.69, 9.17) is 0 Å². The average Bonchev–Trinajstić information content (AvgIpc) is 3.06. The molecular weight excluding hydrogens is 413 g/mol. The summed E-state index contributed by atoms with van der Waals surface area (Å²) < 4.78 is 40.7. The fourth-order valence-corrected chi connectivity index (χ4v) is 4.09. The van der Waals surface area contributed by atoms with Crippen LogP contribution in [0.25, 0.3) is 22.3 Å². The minimum absolute atomic E-state index is 0.0483. The Morgan fingerprint density at radius 2 is 2.00 bits per heavy atom. The number of rotatable bonds is 3. The summed E-state index contributed by atoms with van der Waals surface area (Å²) >= 11 is 0. The molecule has 3 aromatic rings. The van der Waals surface area contributed by atoms with Gasteiger partial charge in [0.25, 0.3) is 0 Å². The van der Waals surface area contributed by atoms with E-state index in [-0.39, 0.29) is 35.4 Å². The molecule has 0 saturated carbocycles. The van der Waals surface area contributed by atoms with Gasteiger partial charge in [0.15, 0.2) is 5.65 Å². The molecule has 1 saturated heterocycles. The lowest BCUT2D eigenvalue weighted by molar-refractivity contribution is -0.137. The number of phenolic OH excluding ortho intramolecular Hbond substituents is 1. The highest BCUT2D eigenvalue weighted by atomic mass is 19.4. The molecule has 0 bridgehead atoms. The van der Waals surface area contributed by atoms with Crippen molar-refractivity contribution in [2.45, 2.75) is 38.6 Å². The molecule has 1 aromatic carbocycles. The van der Waals surface area contributed by atoms with E-state index in [0.29, 0.717) is 42.2 Å². The first kappa shape index (κ1) is 21.1. The van der Waals surface area contributed by atoms with Crippen LogP contribution in [0, 0.1) is 6.92 Å². The van der Waals surface area contributed by atoms with Crippen LogP contribution in [0.15, 0.2) is 24.3 Å². The number of hydrogen-bond acceptors (Lipinski definition) is 5. The Labute approximate surface area is 175 Å². The van der Waals surface area contributed by atoms with Gasteiger partial charge in [-0.25, -0.2) is 4.98 Å². The van der Waals surface area contributed by atoms with Gasteiger partial charge in [0.2, 0.25) is 5.91 Å². The second-order valence-corrected chi connectivity index (χ2v) is 7.77. The number of likely N-dealkylation sites (N-methyl/N-ethyl adjacent to an activating group) is 1. The minimum Gasteiger partial charge on any atom is -0.507 e. The number of benzene rings is 1. The van der Waals surface area contributed by atoms with Crippen LogP contribution in [-0.4, -0.2) is 49.4 Å². The molecule has 0 unspecified atom stereocenters. The third-order valence-corrected chi connectivity index (χ3v) is 5.66. The van der Waals surface area contributed by atoms with Gasteiger partial charge in [-0.2, -0.15) is 18.3 Å². The molecule has 0 spiro atoms. The SMILES string of the molecule is Cc1cc(C(F)(F)F)cc(O)c1-c1ccc2c(CO)n([C@H]3CCC(=O)N(C)C3)nc2n1. The van der Waals surface area contributed by atoms with E-state index in [1.165, 1.54) is 6.92 Å². The van der Waals surface area contributed by atoms with E-state index in [1.54, 1.807) is 28.8 Å². The second-order valence-electron chi connectivity index (χ2n) is 7.77. The van der Waals surface area contributed by atoms with Gasteiger partial charge in [0, 0.05) is 31.0 Å². The molecule has 0 radical (unpaired) electrons. The van der Waals surface area contributed by atoms with Gasteiger partial charge in [-0.05, 0) is 43.2 Å². The molecule has 0 aliphatic carbocycles. The molecule has 2 N–H and O–H groups in total. The monoisotopic (exact) mass is 434 g/mol. The van der Waals surface area contributed by atoms with E-state index >= 15 is 0 Å². The Hall–Kier alpha value is -3.14. The van der Waals surface area contributed by atoms with Crippen molar-refractivity contribution >= 4 is 16.9 Å². The molecule has 1 fully saturated rings. The molecule has 1 atom stereocenters. The van der Waals surface area contributed by atoms with E-state index in [0.717, 1.165) is 6.07 Å². The summed E-state index contributed by atoms with van der Waals surface area (Å²) in [5.74, 6) is -0.472. The van der Waals surface area contributed by atoms with Crippen molar-refractivity contribution in [1.29, 1.82) is 0 Å². The van der Waals surface area contributed by atoms with Crippen molar-refractivity contribution in [3.8, 4) is 17.0 Å². The summed E-state index contributed by atoms with van der Waals surface area (Å²) in [6.07, 6.45) is -3.61. The summed E-state index contributed by atoms with van der Waals surface area (Å²) in [5.41, 5.74) is 0.623. The maximum absolute atomic E-state index is 13.0. The van der Waals surface area contributed by atoms with E-state index in [1.807, 2.05) is 0 Å². The summed E-state index contributed by atoms with van der Waals surface area (Å²) in [6.45, 7) is 1.64. The number of aromatic nitrogens is 3. The molecule has 3 heterocycles. The highest BCUT2D eigenvalue weighted by Crippen LogP contribution is 2.39. The van der Waals surface area contributed by atoms with Crippen LogP contribution in [0.4, 0.5) is 13.2 Å². The van der Waals surface area contributed by atoms with Crippen LogP contribution >= 0.6 is 0 Å². The van der Waals surface area contributed by atoms with Gasteiger partial charge < -0.3 is 15.1 Å². The van der Waals surface area contributed by atoms with Gasteiger partial charge in [0.05, 0.1) is 29.6 Å². The highest BCUT2D eigenvalue weighted by molar-refractivity contribution is 5.83. The fourth-order valence-electron chi connectivity index (χ4n) is 4.09. The number of alkyl halides is 3. The molecule has 1 aliphatic rings.